The van der Waals surface area contributed by atoms with Crippen LogP contribution in [0.25, 0.3) is 11.0 Å². The Morgan fingerprint density at radius 1 is 1.36 bits per heavy atom. The SMILES string of the molecule is CCN(CC)CCOc1ccccc1NC(=O)/C=C/c1c(Cl)nc2sccn12. The fraction of sp³-hybridized carbons (Fsp3) is 0.300. The van der Waals surface area contributed by atoms with E-state index in [0.29, 0.717) is 28.9 Å². The average molecular weight is 419 g/mol. The first-order chi connectivity index (χ1) is 13.6. The molecule has 0 aliphatic heterocycles. The number of likely N-dealkylation sites (N-methyl/N-ethyl adjacent to an activating group) is 1. The zero-order valence-electron chi connectivity index (χ0n) is 15.9. The van der Waals surface area contributed by atoms with Crippen molar-refractivity contribution in [2.45, 2.75) is 13.8 Å². The maximum absolute atomic E-state index is 12.4. The van der Waals surface area contributed by atoms with Crippen LogP contribution in [0.1, 0.15) is 19.5 Å². The van der Waals surface area contributed by atoms with Crippen molar-refractivity contribution in [1.82, 2.24) is 14.3 Å². The molecule has 8 heteroatoms. The van der Waals surface area contributed by atoms with E-state index in [4.69, 9.17) is 16.3 Å². The van der Waals surface area contributed by atoms with Gasteiger partial charge < -0.3 is 15.0 Å². The van der Waals surface area contributed by atoms with Gasteiger partial charge in [0.15, 0.2) is 10.1 Å². The minimum atomic E-state index is -0.263. The van der Waals surface area contributed by atoms with Gasteiger partial charge in [0.25, 0.3) is 0 Å². The van der Waals surface area contributed by atoms with E-state index in [1.807, 2.05) is 40.2 Å². The van der Waals surface area contributed by atoms with Crippen LogP contribution in [0.2, 0.25) is 5.15 Å². The van der Waals surface area contributed by atoms with Crippen molar-refractivity contribution in [3.63, 3.8) is 0 Å². The lowest BCUT2D eigenvalue weighted by Crippen LogP contribution is -2.28. The zero-order chi connectivity index (χ0) is 19.9. The van der Waals surface area contributed by atoms with E-state index >= 15 is 0 Å². The number of thiazole rings is 1. The van der Waals surface area contributed by atoms with E-state index < -0.39 is 0 Å². The van der Waals surface area contributed by atoms with Gasteiger partial charge in [0, 0.05) is 24.2 Å². The van der Waals surface area contributed by atoms with E-state index in [0.717, 1.165) is 24.6 Å². The molecular formula is C20H23ClN4O2S. The third kappa shape index (κ3) is 4.92. The number of aromatic nitrogens is 2. The zero-order valence-corrected chi connectivity index (χ0v) is 17.5. The lowest BCUT2D eigenvalue weighted by molar-refractivity contribution is -0.111. The number of anilines is 1. The van der Waals surface area contributed by atoms with Crippen molar-refractivity contribution in [2.24, 2.45) is 0 Å². The lowest BCUT2D eigenvalue weighted by Gasteiger charge is -2.19. The van der Waals surface area contributed by atoms with Crippen LogP contribution in [0.3, 0.4) is 0 Å². The predicted molar refractivity (Wildman–Crippen MR) is 115 cm³/mol. The Labute approximate surface area is 173 Å². The molecule has 0 spiro atoms. The molecule has 148 valence electrons. The molecule has 28 heavy (non-hydrogen) atoms. The first kappa shape index (κ1) is 20.4. The van der Waals surface area contributed by atoms with Crippen molar-refractivity contribution < 1.29 is 9.53 Å². The monoisotopic (exact) mass is 418 g/mol. The molecule has 0 fully saturated rings. The van der Waals surface area contributed by atoms with Gasteiger partial charge in [-0.25, -0.2) is 4.98 Å². The summed E-state index contributed by atoms with van der Waals surface area (Å²) in [7, 11) is 0. The van der Waals surface area contributed by atoms with Crippen molar-refractivity contribution in [1.29, 1.82) is 0 Å². The molecule has 1 aromatic carbocycles. The standard InChI is InChI=1S/C20H23ClN4O2S/c1-3-24(4-2)11-13-27-17-8-6-5-7-15(17)22-18(26)10-9-16-19(21)23-20-25(16)12-14-28-20/h5-10,12,14H,3-4,11,13H2,1-2H3,(H,22,26)/b10-9+. The largest absolute Gasteiger partial charge is 0.490 e. The normalized spacial score (nSPS) is 11.6. The molecule has 0 aliphatic carbocycles. The second-order valence-electron chi connectivity index (χ2n) is 6.04. The van der Waals surface area contributed by atoms with Crippen LogP contribution in [0.5, 0.6) is 5.75 Å². The van der Waals surface area contributed by atoms with E-state index in [9.17, 15) is 4.79 Å². The van der Waals surface area contributed by atoms with Gasteiger partial charge in [-0.05, 0) is 31.3 Å². The Morgan fingerprint density at radius 2 is 2.14 bits per heavy atom. The Morgan fingerprint density at radius 3 is 2.93 bits per heavy atom. The van der Waals surface area contributed by atoms with Crippen LogP contribution in [0.4, 0.5) is 5.69 Å². The highest BCUT2D eigenvalue weighted by Gasteiger charge is 2.10. The molecule has 2 heterocycles. The highest BCUT2D eigenvalue weighted by atomic mass is 35.5. The number of hydrogen-bond donors (Lipinski definition) is 1. The number of carbonyl (C=O) groups is 1. The predicted octanol–water partition coefficient (Wildman–Crippen LogP) is 4.42. The number of amides is 1. The molecule has 2 aromatic heterocycles. The Kier molecular flexibility index (Phi) is 7.08. The van der Waals surface area contributed by atoms with Crippen LogP contribution < -0.4 is 10.1 Å². The summed E-state index contributed by atoms with van der Waals surface area (Å²) in [5.74, 6) is 0.389. The number of halogens is 1. The summed E-state index contributed by atoms with van der Waals surface area (Å²) >= 11 is 7.64. The van der Waals surface area contributed by atoms with Crippen LogP contribution >= 0.6 is 22.9 Å². The molecular weight excluding hydrogens is 396 g/mol. The molecule has 0 aliphatic rings. The Balaban J connectivity index is 1.64. The topological polar surface area (TPSA) is 58.9 Å². The fourth-order valence-corrected chi connectivity index (χ4v) is 3.78. The summed E-state index contributed by atoms with van der Waals surface area (Å²) < 4.78 is 7.72. The van der Waals surface area contributed by atoms with Crippen LogP contribution in [0.15, 0.2) is 41.9 Å². The molecule has 0 unspecified atom stereocenters. The van der Waals surface area contributed by atoms with Crippen LogP contribution in [-0.4, -0.2) is 46.4 Å². The number of imidazole rings is 1. The summed E-state index contributed by atoms with van der Waals surface area (Å²) in [6.07, 6.45) is 4.98. The van der Waals surface area contributed by atoms with E-state index in [-0.39, 0.29) is 5.91 Å². The Hall–Kier alpha value is -2.35. The quantitative estimate of drug-likeness (QED) is 0.522. The van der Waals surface area contributed by atoms with Crippen molar-refractivity contribution in [2.75, 3.05) is 31.6 Å². The first-order valence-electron chi connectivity index (χ1n) is 9.16. The molecule has 0 radical (unpaired) electrons. The van der Waals surface area contributed by atoms with Gasteiger partial charge in [0.2, 0.25) is 5.91 Å². The molecule has 0 saturated heterocycles. The minimum Gasteiger partial charge on any atom is -0.490 e. The molecule has 0 atom stereocenters. The van der Waals surface area contributed by atoms with Crippen LogP contribution in [0, 0.1) is 0 Å². The van der Waals surface area contributed by atoms with Gasteiger partial charge >= 0.3 is 0 Å². The van der Waals surface area contributed by atoms with Gasteiger partial charge in [-0.1, -0.05) is 37.6 Å². The number of ether oxygens (including phenoxy) is 1. The van der Waals surface area contributed by atoms with E-state index in [1.54, 1.807) is 6.08 Å². The second kappa shape index (κ2) is 9.73. The van der Waals surface area contributed by atoms with Gasteiger partial charge in [0.05, 0.1) is 11.4 Å². The number of carbonyl (C=O) groups excluding carboxylic acids is 1. The van der Waals surface area contributed by atoms with Gasteiger partial charge in [0.1, 0.15) is 12.4 Å². The van der Waals surface area contributed by atoms with E-state index in [2.05, 4.69) is 29.0 Å². The smallest absolute Gasteiger partial charge is 0.248 e. The summed E-state index contributed by atoms with van der Waals surface area (Å²) in [6.45, 7) is 7.62. The maximum Gasteiger partial charge on any atom is 0.248 e. The lowest BCUT2D eigenvalue weighted by atomic mass is 10.3. The number of fused-ring (bicyclic) bond motifs is 1. The maximum atomic E-state index is 12.4. The summed E-state index contributed by atoms with van der Waals surface area (Å²) in [4.78, 5) is 19.7. The molecule has 1 amide bonds. The molecule has 3 aromatic rings. The summed E-state index contributed by atoms with van der Waals surface area (Å²) in [5.41, 5.74) is 1.31. The van der Waals surface area contributed by atoms with Gasteiger partial charge in [-0.2, -0.15) is 0 Å². The first-order valence-corrected chi connectivity index (χ1v) is 10.4. The van der Waals surface area contributed by atoms with Crippen molar-refractivity contribution in [3.8, 4) is 5.75 Å². The molecule has 0 bridgehead atoms. The average Bonchev–Trinajstić information content (AvgIpc) is 3.25. The van der Waals surface area contributed by atoms with Gasteiger partial charge in [-0.15, -0.1) is 11.3 Å². The molecule has 3 rings (SSSR count). The summed E-state index contributed by atoms with van der Waals surface area (Å²) in [5, 5.41) is 5.16. The highest BCUT2D eigenvalue weighted by Crippen LogP contribution is 2.25. The number of hydrogen-bond acceptors (Lipinski definition) is 5. The fourth-order valence-electron chi connectivity index (χ4n) is 2.78. The van der Waals surface area contributed by atoms with Gasteiger partial charge in [-0.3, -0.25) is 9.20 Å². The van der Waals surface area contributed by atoms with Crippen molar-refractivity contribution >= 4 is 45.6 Å². The number of para-hydroxylation sites is 2. The third-order valence-corrected chi connectivity index (χ3v) is 5.39. The Bertz CT molecular complexity index is 962. The number of nitrogens with one attached hydrogen (secondary N) is 1. The molecule has 6 nitrogen and oxygen atoms in total. The molecule has 1 N–H and O–H groups in total. The third-order valence-electron chi connectivity index (χ3n) is 4.35. The number of rotatable bonds is 9. The number of benzene rings is 1. The number of nitrogens with zero attached hydrogens (tertiary/aromatic N) is 3. The van der Waals surface area contributed by atoms with Crippen molar-refractivity contribution in [3.05, 3.63) is 52.8 Å². The second-order valence-corrected chi connectivity index (χ2v) is 7.27. The van der Waals surface area contributed by atoms with E-state index in [1.165, 1.54) is 17.4 Å². The van der Waals surface area contributed by atoms with Crippen LogP contribution in [-0.2, 0) is 4.79 Å². The summed E-state index contributed by atoms with van der Waals surface area (Å²) in [6, 6.07) is 7.42. The highest BCUT2D eigenvalue weighted by molar-refractivity contribution is 7.15. The minimum absolute atomic E-state index is 0.263. The molecule has 0 saturated carbocycles.